The molecule has 1 amide bonds. The molecule has 0 atom stereocenters. The molecule has 0 bridgehead atoms. The van der Waals surface area contributed by atoms with Gasteiger partial charge in [-0.25, -0.2) is 0 Å². The molecule has 0 aliphatic carbocycles. The first-order chi connectivity index (χ1) is 5.84. The van der Waals surface area contributed by atoms with Gasteiger partial charge in [-0.1, -0.05) is 5.16 Å². The van der Waals surface area contributed by atoms with Crippen molar-refractivity contribution in [3.63, 3.8) is 0 Å². The summed E-state index contributed by atoms with van der Waals surface area (Å²) in [4.78, 5) is 10.6. The van der Waals surface area contributed by atoms with Crippen molar-refractivity contribution in [2.24, 2.45) is 5.73 Å². The average molecular weight is 194 g/mol. The lowest BCUT2D eigenvalue weighted by atomic mass is 10.2. The minimum atomic E-state index is -4.72. The van der Waals surface area contributed by atoms with Crippen molar-refractivity contribution in [3.8, 4) is 0 Å². The SMILES string of the molecule is Cc1onc(C(F)(F)F)c1C(N)=O. The quantitative estimate of drug-likeness (QED) is 0.727. The minimum absolute atomic E-state index is 0.236. The van der Waals surface area contributed by atoms with Gasteiger partial charge in [0, 0.05) is 0 Å². The summed E-state index contributed by atoms with van der Waals surface area (Å²) in [6, 6.07) is 0. The Balaban J connectivity index is 3.31. The number of rotatable bonds is 1. The zero-order valence-electron chi connectivity index (χ0n) is 6.47. The van der Waals surface area contributed by atoms with E-state index in [1.807, 2.05) is 0 Å². The Morgan fingerprint density at radius 2 is 2.08 bits per heavy atom. The van der Waals surface area contributed by atoms with E-state index >= 15 is 0 Å². The highest BCUT2D eigenvalue weighted by Crippen LogP contribution is 2.31. The summed E-state index contributed by atoms with van der Waals surface area (Å²) >= 11 is 0. The summed E-state index contributed by atoms with van der Waals surface area (Å²) in [6.45, 7) is 1.18. The molecule has 72 valence electrons. The Hall–Kier alpha value is -1.53. The summed E-state index contributed by atoms with van der Waals surface area (Å²) in [7, 11) is 0. The first-order valence-electron chi connectivity index (χ1n) is 3.17. The summed E-state index contributed by atoms with van der Waals surface area (Å²) < 4.78 is 40.5. The molecule has 0 spiro atoms. The third-order valence-electron chi connectivity index (χ3n) is 1.38. The van der Waals surface area contributed by atoms with Gasteiger partial charge in [-0.3, -0.25) is 4.79 Å². The number of carbonyl (C=O) groups is 1. The van der Waals surface area contributed by atoms with E-state index in [4.69, 9.17) is 5.73 Å². The molecule has 0 aliphatic rings. The monoisotopic (exact) mass is 194 g/mol. The Labute approximate surface area is 70.5 Å². The number of aromatic nitrogens is 1. The van der Waals surface area contributed by atoms with Crippen LogP contribution in [-0.2, 0) is 6.18 Å². The fraction of sp³-hybridized carbons (Fsp3) is 0.333. The number of halogens is 3. The zero-order chi connectivity index (χ0) is 10.2. The van der Waals surface area contributed by atoms with Crippen LogP contribution in [0.5, 0.6) is 0 Å². The summed E-state index contributed by atoms with van der Waals surface area (Å²) in [5.74, 6) is -1.44. The van der Waals surface area contributed by atoms with E-state index in [9.17, 15) is 18.0 Å². The highest BCUT2D eigenvalue weighted by molar-refractivity contribution is 5.94. The summed E-state index contributed by atoms with van der Waals surface area (Å²) in [5.41, 5.74) is 2.62. The summed E-state index contributed by atoms with van der Waals surface area (Å²) in [5, 5.41) is 2.71. The second-order valence-electron chi connectivity index (χ2n) is 2.32. The minimum Gasteiger partial charge on any atom is -0.365 e. The van der Waals surface area contributed by atoms with Crippen LogP contribution in [0.4, 0.5) is 13.2 Å². The third-order valence-corrected chi connectivity index (χ3v) is 1.38. The number of alkyl halides is 3. The number of amides is 1. The number of primary amides is 1. The van der Waals surface area contributed by atoms with Crippen LogP contribution >= 0.6 is 0 Å². The van der Waals surface area contributed by atoms with E-state index in [1.54, 1.807) is 0 Å². The van der Waals surface area contributed by atoms with E-state index in [-0.39, 0.29) is 5.76 Å². The Kier molecular flexibility index (Phi) is 2.02. The fourth-order valence-corrected chi connectivity index (χ4v) is 0.856. The number of hydrogen-bond donors (Lipinski definition) is 1. The van der Waals surface area contributed by atoms with Gasteiger partial charge in [0.1, 0.15) is 11.3 Å². The van der Waals surface area contributed by atoms with Crippen molar-refractivity contribution in [3.05, 3.63) is 17.0 Å². The molecule has 1 aromatic rings. The van der Waals surface area contributed by atoms with Crippen LogP contribution in [0.1, 0.15) is 21.8 Å². The third kappa shape index (κ3) is 1.63. The highest BCUT2D eigenvalue weighted by atomic mass is 19.4. The lowest BCUT2D eigenvalue weighted by Crippen LogP contribution is -2.18. The van der Waals surface area contributed by atoms with E-state index in [0.29, 0.717) is 0 Å². The van der Waals surface area contributed by atoms with Crippen molar-refractivity contribution in [1.29, 1.82) is 0 Å². The Morgan fingerprint density at radius 3 is 2.38 bits per heavy atom. The maximum Gasteiger partial charge on any atom is 0.437 e. The molecule has 1 heterocycles. The van der Waals surface area contributed by atoms with Gasteiger partial charge in [-0.2, -0.15) is 13.2 Å². The van der Waals surface area contributed by atoms with Crippen LogP contribution in [-0.4, -0.2) is 11.1 Å². The fourth-order valence-electron chi connectivity index (χ4n) is 0.856. The van der Waals surface area contributed by atoms with Gasteiger partial charge < -0.3 is 10.3 Å². The number of aryl methyl sites for hydroxylation is 1. The lowest BCUT2D eigenvalue weighted by molar-refractivity contribution is -0.143. The van der Waals surface area contributed by atoms with Gasteiger partial charge in [0.15, 0.2) is 5.69 Å². The van der Waals surface area contributed by atoms with E-state index in [0.717, 1.165) is 0 Å². The number of nitrogens with two attached hydrogens (primary N) is 1. The molecule has 0 aliphatic heterocycles. The lowest BCUT2D eigenvalue weighted by Gasteiger charge is -2.01. The van der Waals surface area contributed by atoms with Crippen molar-refractivity contribution >= 4 is 5.91 Å². The van der Waals surface area contributed by atoms with Gasteiger partial charge in [0.05, 0.1) is 0 Å². The highest BCUT2D eigenvalue weighted by Gasteiger charge is 2.40. The second kappa shape index (κ2) is 2.75. The molecule has 2 N–H and O–H groups in total. The normalized spacial score (nSPS) is 11.7. The zero-order valence-corrected chi connectivity index (χ0v) is 6.47. The van der Waals surface area contributed by atoms with Crippen molar-refractivity contribution in [2.75, 3.05) is 0 Å². The van der Waals surface area contributed by atoms with Crippen LogP contribution in [0.25, 0.3) is 0 Å². The van der Waals surface area contributed by atoms with E-state index in [1.165, 1.54) is 6.92 Å². The first kappa shape index (κ1) is 9.56. The van der Waals surface area contributed by atoms with E-state index < -0.39 is 23.3 Å². The molecule has 0 radical (unpaired) electrons. The smallest absolute Gasteiger partial charge is 0.365 e. The molecule has 4 nitrogen and oxygen atoms in total. The maximum atomic E-state index is 12.1. The average Bonchev–Trinajstić information content (AvgIpc) is 2.28. The molecule has 0 saturated heterocycles. The summed E-state index contributed by atoms with van der Waals surface area (Å²) in [6.07, 6.45) is -4.72. The molecule has 7 heteroatoms. The molecule has 0 saturated carbocycles. The van der Waals surface area contributed by atoms with Gasteiger partial charge in [0.2, 0.25) is 0 Å². The van der Waals surface area contributed by atoms with Crippen molar-refractivity contribution in [2.45, 2.75) is 13.1 Å². The number of nitrogens with zero attached hydrogens (tertiary/aromatic N) is 1. The largest absolute Gasteiger partial charge is 0.437 e. The Morgan fingerprint density at radius 1 is 1.54 bits per heavy atom. The van der Waals surface area contributed by atoms with Gasteiger partial charge >= 0.3 is 6.18 Å². The van der Waals surface area contributed by atoms with Crippen LogP contribution < -0.4 is 5.73 Å². The molecule has 13 heavy (non-hydrogen) atoms. The van der Waals surface area contributed by atoms with Crippen LogP contribution in [0.2, 0.25) is 0 Å². The molecular formula is C6H5F3N2O2. The van der Waals surface area contributed by atoms with Gasteiger partial charge in [0.25, 0.3) is 5.91 Å². The molecular weight excluding hydrogens is 189 g/mol. The molecule has 0 fully saturated rings. The molecule has 0 unspecified atom stereocenters. The maximum absolute atomic E-state index is 12.1. The van der Waals surface area contributed by atoms with Gasteiger partial charge in [-0.15, -0.1) is 0 Å². The predicted octanol–water partition coefficient (Wildman–Crippen LogP) is 1.10. The number of carbonyl (C=O) groups excluding carboxylic acids is 1. The standard InChI is InChI=1S/C6H5F3N2O2/c1-2-3(5(10)12)4(11-13-2)6(7,8)9/h1H3,(H2,10,12). The molecule has 0 aromatic carbocycles. The van der Waals surface area contributed by atoms with E-state index in [2.05, 4.69) is 9.68 Å². The van der Waals surface area contributed by atoms with Crippen molar-refractivity contribution in [1.82, 2.24) is 5.16 Å². The van der Waals surface area contributed by atoms with Gasteiger partial charge in [-0.05, 0) is 6.92 Å². The Bertz CT molecular complexity index is 342. The molecule has 1 aromatic heterocycles. The second-order valence-corrected chi connectivity index (χ2v) is 2.32. The van der Waals surface area contributed by atoms with Crippen LogP contribution in [0, 0.1) is 6.92 Å². The van der Waals surface area contributed by atoms with Crippen molar-refractivity contribution < 1.29 is 22.5 Å². The predicted molar refractivity (Wildman–Crippen MR) is 34.8 cm³/mol. The van der Waals surface area contributed by atoms with Crippen LogP contribution in [0.15, 0.2) is 4.52 Å². The topological polar surface area (TPSA) is 69.1 Å². The number of hydrogen-bond acceptors (Lipinski definition) is 3. The molecule has 1 rings (SSSR count). The van der Waals surface area contributed by atoms with Crippen LogP contribution in [0.3, 0.4) is 0 Å². The first-order valence-corrected chi connectivity index (χ1v) is 3.17.